The highest BCUT2D eigenvalue weighted by Gasteiger charge is 2.27. The normalized spacial score (nSPS) is 13.2. The fourth-order valence-corrected chi connectivity index (χ4v) is 1.68. The molecule has 1 heterocycles. The van der Waals surface area contributed by atoms with Gasteiger partial charge in [0.1, 0.15) is 11.4 Å². The van der Waals surface area contributed by atoms with Gasteiger partial charge in [0.15, 0.2) is 0 Å². The van der Waals surface area contributed by atoms with Gasteiger partial charge in [-0.3, -0.25) is 0 Å². The van der Waals surface area contributed by atoms with Crippen molar-refractivity contribution in [3.05, 3.63) is 17.8 Å². The second kappa shape index (κ2) is 4.84. The molecule has 1 rings (SSSR count). The van der Waals surface area contributed by atoms with Crippen LogP contribution < -0.4 is 10.6 Å². The van der Waals surface area contributed by atoms with Gasteiger partial charge in [-0.2, -0.15) is 0 Å². The highest BCUT2D eigenvalue weighted by Crippen LogP contribution is 2.28. The molecule has 0 saturated carbocycles. The average molecular weight is 251 g/mol. The summed E-state index contributed by atoms with van der Waals surface area (Å²) in [6, 6.07) is 1.59. The van der Waals surface area contributed by atoms with Crippen LogP contribution in [0.25, 0.3) is 0 Å². The van der Waals surface area contributed by atoms with E-state index in [0.29, 0.717) is 11.5 Å². The molecule has 0 radical (unpaired) electrons. The van der Waals surface area contributed by atoms with Gasteiger partial charge in [-0.05, 0) is 18.4 Å². The molecule has 0 bridgehead atoms. The van der Waals surface area contributed by atoms with E-state index < -0.39 is 5.97 Å². The zero-order chi connectivity index (χ0) is 14.1. The average Bonchev–Trinajstić information content (AvgIpc) is 2.25. The molecule has 1 unspecified atom stereocenters. The highest BCUT2D eigenvalue weighted by atomic mass is 16.4. The van der Waals surface area contributed by atoms with Crippen LogP contribution in [0.3, 0.4) is 0 Å². The number of carbonyl (C=O) groups is 1. The maximum Gasteiger partial charge on any atom is 0.339 e. The van der Waals surface area contributed by atoms with Gasteiger partial charge in [0, 0.05) is 13.1 Å². The second-order valence-corrected chi connectivity index (χ2v) is 5.60. The Morgan fingerprint density at radius 2 is 2.06 bits per heavy atom. The Kier molecular flexibility index (Phi) is 3.84. The molecular weight excluding hydrogens is 230 g/mol. The van der Waals surface area contributed by atoms with E-state index in [-0.39, 0.29) is 17.0 Å². The summed E-state index contributed by atoms with van der Waals surface area (Å²) >= 11 is 0. The Balaban J connectivity index is 3.21. The van der Waals surface area contributed by atoms with E-state index >= 15 is 0 Å². The Morgan fingerprint density at radius 3 is 2.50 bits per heavy atom. The fraction of sp³-hybridized carbons (Fsp3) is 0.538. The maximum absolute atomic E-state index is 11.2. The molecule has 1 aromatic rings. The first-order valence-electron chi connectivity index (χ1n) is 5.86. The third-order valence-electron chi connectivity index (χ3n) is 3.29. The summed E-state index contributed by atoms with van der Waals surface area (Å²) < 4.78 is 0. The zero-order valence-electron chi connectivity index (χ0n) is 11.6. The van der Waals surface area contributed by atoms with Gasteiger partial charge in [0.2, 0.25) is 0 Å². The number of hydrogen-bond acceptors (Lipinski definition) is 4. The lowest BCUT2D eigenvalue weighted by Crippen LogP contribution is -2.40. The summed E-state index contributed by atoms with van der Waals surface area (Å²) in [4.78, 5) is 17.3. The largest absolute Gasteiger partial charge is 0.478 e. The number of hydrogen-bond donors (Lipinski definition) is 2. The van der Waals surface area contributed by atoms with Crippen molar-refractivity contribution in [3.8, 4) is 0 Å². The fourth-order valence-electron chi connectivity index (χ4n) is 1.68. The molecule has 18 heavy (non-hydrogen) atoms. The molecule has 0 spiro atoms. The minimum atomic E-state index is -1.02. The van der Waals surface area contributed by atoms with Gasteiger partial charge < -0.3 is 15.7 Å². The van der Waals surface area contributed by atoms with Crippen LogP contribution in [-0.2, 0) is 0 Å². The Morgan fingerprint density at radius 1 is 1.50 bits per heavy atom. The minimum absolute atomic E-state index is 0.0214. The topological polar surface area (TPSA) is 79.5 Å². The van der Waals surface area contributed by atoms with Crippen molar-refractivity contribution in [2.24, 2.45) is 5.41 Å². The molecule has 0 aromatic carbocycles. The molecule has 0 saturated heterocycles. The van der Waals surface area contributed by atoms with E-state index in [2.05, 4.69) is 25.8 Å². The minimum Gasteiger partial charge on any atom is -0.478 e. The SMILES string of the molecule is CC(N(C)c1ncc(N)cc1C(=O)O)C(C)(C)C. The van der Waals surface area contributed by atoms with Gasteiger partial charge in [0.05, 0.1) is 11.9 Å². The van der Waals surface area contributed by atoms with Crippen LogP contribution >= 0.6 is 0 Å². The quantitative estimate of drug-likeness (QED) is 0.861. The monoisotopic (exact) mass is 251 g/mol. The van der Waals surface area contributed by atoms with E-state index in [1.54, 1.807) is 0 Å². The van der Waals surface area contributed by atoms with E-state index in [0.717, 1.165) is 0 Å². The maximum atomic E-state index is 11.2. The van der Waals surface area contributed by atoms with Gasteiger partial charge in [-0.15, -0.1) is 0 Å². The summed E-state index contributed by atoms with van der Waals surface area (Å²) in [7, 11) is 1.85. The second-order valence-electron chi connectivity index (χ2n) is 5.60. The molecule has 100 valence electrons. The van der Waals surface area contributed by atoms with Crippen molar-refractivity contribution in [2.75, 3.05) is 17.7 Å². The van der Waals surface area contributed by atoms with Crippen LogP contribution in [0.1, 0.15) is 38.1 Å². The summed E-state index contributed by atoms with van der Waals surface area (Å²) in [6.07, 6.45) is 1.48. The van der Waals surface area contributed by atoms with Crippen molar-refractivity contribution >= 4 is 17.5 Å². The molecule has 1 atom stereocenters. The van der Waals surface area contributed by atoms with Crippen molar-refractivity contribution in [1.82, 2.24) is 4.98 Å². The molecule has 0 fully saturated rings. The predicted octanol–water partition coefficient (Wildman–Crippen LogP) is 2.23. The van der Waals surface area contributed by atoms with Crippen molar-refractivity contribution < 1.29 is 9.90 Å². The van der Waals surface area contributed by atoms with Crippen LogP contribution in [0.4, 0.5) is 11.5 Å². The number of rotatable bonds is 3. The van der Waals surface area contributed by atoms with Crippen LogP contribution in [-0.4, -0.2) is 29.1 Å². The number of anilines is 2. The van der Waals surface area contributed by atoms with E-state index in [4.69, 9.17) is 5.73 Å². The molecule has 5 heteroatoms. The molecule has 3 N–H and O–H groups in total. The molecule has 0 aliphatic heterocycles. The van der Waals surface area contributed by atoms with E-state index in [1.165, 1.54) is 12.3 Å². The first-order chi connectivity index (χ1) is 8.14. The number of nitrogens with two attached hydrogens (primary N) is 1. The van der Waals surface area contributed by atoms with Crippen molar-refractivity contribution in [1.29, 1.82) is 0 Å². The molecule has 1 aromatic heterocycles. The number of aromatic carboxylic acids is 1. The number of carboxylic acids is 1. The van der Waals surface area contributed by atoms with Crippen LogP contribution in [0, 0.1) is 5.41 Å². The number of pyridine rings is 1. The summed E-state index contributed by atoms with van der Waals surface area (Å²) in [5.74, 6) is -0.572. The molecule has 0 amide bonds. The predicted molar refractivity (Wildman–Crippen MR) is 72.9 cm³/mol. The van der Waals surface area contributed by atoms with Gasteiger partial charge in [-0.25, -0.2) is 9.78 Å². The van der Waals surface area contributed by atoms with Crippen molar-refractivity contribution in [2.45, 2.75) is 33.7 Å². The van der Waals surface area contributed by atoms with Crippen molar-refractivity contribution in [3.63, 3.8) is 0 Å². The summed E-state index contributed by atoms with van der Waals surface area (Å²) in [5.41, 5.74) is 6.09. The molecule has 0 aliphatic carbocycles. The van der Waals surface area contributed by atoms with Crippen LogP contribution in [0.5, 0.6) is 0 Å². The van der Waals surface area contributed by atoms with E-state index in [9.17, 15) is 9.90 Å². The molecule has 5 nitrogen and oxygen atoms in total. The van der Waals surface area contributed by atoms with E-state index in [1.807, 2.05) is 18.9 Å². The highest BCUT2D eigenvalue weighted by molar-refractivity contribution is 5.94. The number of aromatic nitrogens is 1. The van der Waals surface area contributed by atoms with Gasteiger partial charge in [0.25, 0.3) is 0 Å². The molecule has 0 aliphatic rings. The first kappa shape index (κ1) is 14.3. The number of nitrogens with zero attached hydrogens (tertiary/aromatic N) is 2. The third kappa shape index (κ3) is 2.91. The summed E-state index contributed by atoms with van der Waals surface area (Å²) in [5, 5.41) is 9.20. The zero-order valence-corrected chi connectivity index (χ0v) is 11.6. The first-order valence-corrected chi connectivity index (χ1v) is 5.86. The number of carboxylic acid groups (broad SMARTS) is 1. The Labute approximate surface area is 108 Å². The van der Waals surface area contributed by atoms with Gasteiger partial charge >= 0.3 is 5.97 Å². The number of nitrogen functional groups attached to an aromatic ring is 1. The lowest BCUT2D eigenvalue weighted by atomic mass is 9.87. The van der Waals surface area contributed by atoms with Gasteiger partial charge in [-0.1, -0.05) is 20.8 Å². The smallest absolute Gasteiger partial charge is 0.339 e. The standard InChI is InChI=1S/C13H21N3O2/c1-8(13(2,3)4)16(5)11-10(12(17)18)6-9(14)7-15-11/h6-8H,14H2,1-5H3,(H,17,18). The lowest BCUT2D eigenvalue weighted by molar-refractivity contribution is 0.0697. The Bertz CT molecular complexity index is 452. The third-order valence-corrected chi connectivity index (χ3v) is 3.29. The lowest BCUT2D eigenvalue weighted by Gasteiger charge is -2.36. The van der Waals surface area contributed by atoms with Crippen LogP contribution in [0.2, 0.25) is 0 Å². The molecular formula is C13H21N3O2. The summed E-state index contributed by atoms with van der Waals surface area (Å²) in [6.45, 7) is 8.35. The van der Waals surface area contributed by atoms with Crippen LogP contribution in [0.15, 0.2) is 12.3 Å². The Hall–Kier alpha value is -1.78.